The van der Waals surface area contributed by atoms with Crippen molar-refractivity contribution in [3.8, 4) is 5.88 Å². The van der Waals surface area contributed by atoms with Gasteiger partial charge in [0.2, 0.25) is 5.88 Å². The van der Waals surface area contributed by atoms with E-state index >= 15 is 0 Å². The SMILES string of the molecule is CON(C)S(=O)(=O)c1cccc(OCc2ccccc2)n1. The summed E-state index contributed by atoms with van der Waals surface area (Å²) < 4.78 is 30.4. The first-order chi connectivity index (χ1) is 10.0. The minimum absolute atomic E-state index is 0.127. The molecule has 1 aromatic heterocycles. The monoisotopic (exact) mass is 308 g/mol. The van der Waals surface area contributed by atoms with Crippen LogP contribution < -0.4 is 4.74 Å². The number of rotatable bonds is 6. The summed E-state index contributed by atoms with van der Waals surface area (Å²) in [6.07, 6.45) is 0. The third-order valence-corrected chi connectivity index (χ3v) is 4.37. The first kappa shape index (κ1) is 15.4. The van der Waals surface area contributed by atoms with Crippen LogP contribution in [0.3, 0.4) is 0 Å². The molecule has 112 valence electrons. The summed E-state index contributed by atoms with van der Waals surface area (Å²) >= 11 is 0. The fourth-order valence-electron chi connectivity index (χ4n) is 1.58. The first-order valence-corrected chi connectivity index (χ1v) is 7.65. The molecule has 0 saturated carbocycles. The molecule has 0 spiro atoms. The van der Waals surface area contributed by atoms with Crippen LogP contribution in [0.15, 0.2) is 53.6 Å². The number of pyridine rings is 1. The van der Waals surface area contributed by atoms with Gasteiger partial charge in [0, 0.05) is 13.1 Å². The summed E-state index contributed by atoms with van der Waals surface area (Å²) in [4.78, 5) is 8.70. The van der Waals surface area contributed by atoms with E-state index in [4.69, 9.17) is 9.57 Å². The van der Waals surface area contributed by atoms with Gasteiger partial charge >= 0.3 is 0 Å². The van der Waals surface area contributed by atoms with Crippen LogP contribution in [0.25, 0.3) is 0 Å². The van der Waals surface area contributed by atoms with Crippen molar-refractivity contribution >= 4 is 10.0 Å². The smallest absolute Gasteiger partial charge is 0.282 e. The molecule has 1 aromatic carbocycles. The Bertz CT molecular complexity index is 689. The molecule has 0 unspecified atom stereocenters. The summed E-state index contributed by atoms with van der Waals surface area (Å²) in [5.41, 5.74) is 0.974. The van der Waals surface area contributed by atoms with Crippen LogP contribution in [-0.2, 0) is 21.5 Å². The van der Waals surface area contributed by atoms with E-state index in [1.54, 1.807) is 12.1 Å². The number of hydrogen-bond donors (Lipinski definition) is 0. The van der Waals surface area contributed by atoms with Gasteiger partial charge in [-0.2, -0.15) is 0 Å². The van der Waals surface area contributed by atoms with Crippen molar-refractivity contribution in [2.75, 3.05) is 14.2 Å². The van der Waals surface area contributed by atoms with Crippen molar-refractivity contribution in [1.82, 2.24) is 9.45 Å². The van der Waals surface area contributed by atoms with E-state index < -0.39 is 10.0 Å². The number of aromatic nitrogens is 1. The maximum Gasteiger partial charge on any atom is 0.282 e. The number of hydrogen-bond acceptors (Lipinski definition) is 5. The van der Waals surface area contributed by atoms with Gasteiger partial charge in [0.25, 0.3) is 10.0 Å². The Morgan fingerprint density at radius 3 is 2.48 bits per heavy atom. The van der Waals surface area contributed by atoms with Gasteiger partial charge in [0.15, 0.2) is 5.03 Å². The van der Waals surface area contributed by atoms with Gasteiger partial charge in [-0.25, -0.2) is 13.4 Å². The molecule has 0 fully saturated rings. The van der Waals surface area contributed by atoms with E-state index in [1.165, 1.54) is 20.2 Å². The predicted molar refractivity (Wildman–Crippen MR) is 77.0 cm³/mol. The zero-order valence-corrected chi connectivity index (χ0v) is 12.6. The van der Waals surface area contributed by atoms with Crippen LogP contribution in [0.5, 0.6) is 5.88 Å². The summed E-state index contributed by atoms with van der Waals surface area (Å²) in [6, 6.07) is 14.1. The van der Waals surface area contributed by atoms with E-state index in [-0.39, 0.29) is 10.9 Å². The quantitative estimate of drug-likeness (QED) is 0.762. The molecule has 0 saturated heterocycles. The lowest BCUT2D eigenvalue weighted by atomic mass is 10.2. The molecule has 0 radical (unpaired) electrons. The molecular formula is C14H16N2O4S. The maximum absolute atomic E-state index is 12.1. The van der Waals surface area contributed by atoms with E-state index in [0.29, 0.717) is 6.61 Å². The molecule has 7 heteroatoms. The van der Waals surface area contributed by atoms with Crippen LogP contribution in [0, 0.1) is 0 Å². The second-order valence-corrected chi connectivity index (χ2v) is 6.07. The van der Waals surface area contributed by atoms with E-state index in [1.807, 2.05) is 30.3 Å². The highest BCUT2D eigenvalue weighted by Gasteiger charge is 2.22. The van der Waals surface area contributed by atoms with Crippen molar-refractivity contribution in [1.29, 1.82) is 0 Å². The van der Waals surface area contributed by atoms with Crippen molar-refractivity contribution in [2.24, 2.45) is 0 Å². The molecule has 0 aliphatic rings. The predicted octanol–water partition coefficient (Wildman–Crippen LogP) is 1.84. The van der Waals surface area contributed by atoms with Gasteiger partial charge in [-0.05, 0) is 11.6 Å². The van der Waals surface area contributed by atoms with Gasteiger partial charge in [0.05, 0.1) is 7.11 Å². The summed E-state index contributed by atoms with van der Waals surface area (Å²) in [5, 5.41) is -0.127. The van der Waals surface area contributed by atoms with Crippen LogP contribution in [0.1, 0.15) is 5.56 Å². The molecule has 0 aliphatic carbocycles. The molecule has 2 aromatic rings. The Morgan fingerprint density at radius 1 is 1.10 bits per heavy atom. The average Bonchev–Trinajstić information content (AvgIpc) is 2.53. The Balaban J connectivity index is 2.15. The molecule has 1 heterocycles. The zero-order chi connectivity index (χ0) is 15.3. The minimum Gasteiger partial charge on any atom is -0.473 e. The summed E-state index contributed by atoms with van der Waals surface area (Å²) in [5.74, 6) is 0.240. The van der Waals surface area contributed by atoms with Crippen LogP contribution in [-0.4, -0.2) is 32.0 Å². The lowest BCUT2D eigenvalue weighted by molar-refractivity contribution is -0.0261. The summed E-state index contributed by atoms with van der Waals surface area (Å²) in [6.45, 7) is 0.317. The third kappa shape index (κ3) is 3.78. The largest absolute Gasteiger partial charge is 0.473 e. The Hall–Kier alpha value is -1.96. The molecule has 0 aliphatic heterocycles. The van der Waals surface area contributed by atoms with E-state index in [9.17, 15) is 8.42 Å². The fourth-order valence-corrected chi connectivity index (χ4v) is 2.50. The van der Waals surface area contributed by atoms with Gasteiger partial charge < -0.3 is 4.74 Å². The highest BCUT2D eigenvalue weighted by molar-refractivity contribution is 7.88. The molecule has 0 atom stereocenters. The van der Waals surface area contributed by atoms with Gasteiger partial charge in [-0.3, -0.25) is 4.84 Å². The number of nitrogens with zero attached hydrogens (tertiary/aromatic N) is 2. The second-order valence-electron chi connectivity index (χ2n) is 4.19. The van der Waals surface area contributed by atoms with Gasteiger partial charge in [-0.15, -0.1) is 0 Å². The Morgan fingerprint density at radius 2 is 1.81 bits per heavy atom. The normalized spacial score (nSPS) is 11.6. The zero-order valence-electron chi connectivity index (χ0n) is 11.8. The van der Waals surface area contributed by atoms with Crippen molar-refractivity contribution in [3.63, 3.8) is 0 Å². The molecule has 0 N–H and O–H groups in total. The van der Waals surface area contributed by atoms with E-state index in [0.717, 1.165) is 10.0 Å². The number of benzene rings is 1. The Labute approximate surface area is 124 Å². The maximum atomic E-state index is 12.1. The Kier molecular flexibility index (Phi) is 4.89. The molecule has 0 bridgehead atoms. The van der Waals surface area contributed by atoms with Gasteiger partial charge in [-0.1, -0.05) is 40.9 Å². The van der Waals surface area contributed by atoms with Crippen LogP contribution >= 0.6 is 0 Å². The third-order valence-electron chi connectivity index (χ3n) is 2.79. The number of ether oxygens (including phenoxy) is 1. The average molecular weight is 308 g/mol. The highest BCUT2D eigenvalue weighted by atomic mass is 32.2. The number of hydroxylamine groups is 1. The lowest BCUT2D eigenvalue weighted by Gasteiger charge is -2.14. The number of sulfonamides is 1. The topological polar surface area (TPSA) is 68.7 Å². The van der Waals surface area contributed by atoms with Crippen LogP contribution in [0.2, 0.25) is 0 Å². The van der Waals surface area contributed by atoms with E-state index in [2.05, 4.69) is 4.98 Å². The molecule has 2 rings (SSSR count). The van der Waals surface area contributed by atoms with Crippen molar-refractivity contribution in [2.45, 2.75) is 11.6 Å². The molecule has 21 heavy (non-hydrogen) atoms. The first-order valence-electron chi connectivity index (χ1n) is 6.21. The fraction of sp³-hybridized carbons (Fsp3) is 0.214. The molecule has 0 amide bonds. The van der Waals surface area contributed by atoms with Crippen LogP contribution in [0.4, 0.5) is 0 Å². The summed E-state index contributed by atoms with van der Waals surface area (Å²) in [7, 11) is -1.20. The van der Waals surface area contributed by atoms with Gasteiger partial charge in [0.1, 0.15) is 6.61 Å². The molecular weight excluding hydrogens is 292 g/mol. The minimum atomic E-state index is -3.77. The van der Waals surface area contributed by atoms with Crippen molar-refractivity contribution < 1.29 is 18.0 Å². The standard InChI is InChI=1S/C14H16N2O4S/c1-16(19-2)21(17,18)14-10-6-9-13(15-14)20-11-12-7-4-3-5-8-12/h3-10H,11H2,1-2H3. The second kappa shape index (κ2) is 6.66. The lowest BCUT2D eigenvalue weighted by Crippen LogP contribution is -2.26. The highest BCUT2D eigenvalue weighted by Crippen LogP contribution is 2.16. The van der Waals surface area contributed by atoms with Crippen molar-refractivity contribution in [3.05, 3.63) is 54.1 Å². The molecule has 6 nitrogen and oxygen atoms in total.